The monoisotopic (exact) mass is 218 g/mol. The van der Waals surface area contributed by atoms with Crippen LogP contribution in [0.2, 0.25) is 0 Å². The second kappa shape index (κ2) is 3.17. The van der Waals surface area contributed by atoms with E-state index in [1.165, 1.54) is 12.1 Å². The van der Waals surface area contributed by atoms with Crippen molar-refractivity contribution in [3.05, 3.63) is 41.7 Å². The first-order chi connectivity index (χ1) is 7.33. The highest BCUT2D eigenvalue weighted by Crippen LogP contribution is 2.25. The van der Waals surface area contributed by atoms with Gasteiger partial charge < -0.3 is 4.98 Å². The maximum atomic E-state index is 12.7. The molecule has 2 aromatic heterocycles. The average molecular weight is 218 g/mol. The summed E-state index contributed by atoms with van der Waals surface area (Å²) >= 11 is 1.59. The molecule has 0 aliphatic carbocycles. The molecule has 2 heterocycles. The molecule has 1 N–H and O–H groups in total. The molecular weight excluding hydrogens is 211 g/mol. The number of hydrogen-bond donors (Lipinski definition) is 1. The molecule has 0 radical (unpaired) electrons. The lowest BCUT2D eigenvalue weighted by atomic mass is 10.1. The summed E-state index contributed by atoms with van der Waals surface area (Å²) in [4.78, 5) is 7.36. The van der Waals surface area contributed by atoms with Crippen LogP contribution >= 0.6 is 11.3 Å². The van der Waals surface area contributed by atoms with Gasteiger partial charge in [-0.3, -0.25) is 0 Å². The fourth-order valence-corrected chi connectivity index (χ4v) is 2.20. The Labute approximate surface area is 89.4 Å². The van der Waals surface area contributed by atoms with Gasteiger partial charge in [0.25, 0.3) is 0 Å². The molecule has 3 rings (SSSR count). The summed E-state index contributed by atoms with van der Waals surface area (Å²) in [5, 5.41) is 0. The number of aromatic nitrogens is 2. The summed E-state index contributed by atoms with van der Waals surface area (Å²) in [7, 11) is 0. The van der Waals surface area contributed by atoms with E-state index in [0.717, 1.165) is 21.6 Å². The summed E-state index contributed by atoms with van der Waals surface area (Å²) in [6, 6.07) is 8.45. The number of nitrogens with one attached hydrogen (secondary N) is 1. The summed E-state index contributed by atoms with van der Waals surface area (Å²) in [6.07, 6.45) is 0. The number of fused-ring (bicyclic) bond motifs is 1. The zero-order valence-corrected chi connectivity index (χ0v) is 8.51. The Morgan fingerprint density at radius 2 is 2.00 bits per heavy atom. The highest BCUT2D eigenvalue weighted by atomic mass is 32.1. The second-order valence-corrected chi connectivity index (χ2v) is 4.14. The largest absolute Gasteiger partial charge is 0.338 e. The Bertz CT molecular complexity index is 566. The van der Waals surface area contributed by atoms with Crippen molar-refractivity contribution in [3.8, 4) is 11.3 Å². The van der Waals surface area contributed by atoms with Gasteiger partial charge in [0, 0.05) is 5.69 Å². The lowest BCUT2D eigenvalue weighted by molar-refractivity contribution is 0.628. The van der Waals surface area contributed by atoms with Crippen LogP contribution in [0.15, 0.2) is 35.8 Å². The predicted molar refractivity (Wildman–Crippen MR) is 59.4 cm³/mol. The van der Waals surface area contributed by atoms with E-state index in [0.29, 0.717) is 0 Å². The van der Waals surface area contributed by atoms with Crippen molar-refractivity contribution in [2.45, 2.75) is 0 Å². The normalized spacial score (nSPS) is 11.0. The first-order valence-electron chi connectivity index (χ1n) is 4.51. The summed E-state index contributed by atoms with van der Waals surface area (Å²) in [5.41, 5.74) is 4.64. The van der Waals surface area contributed by atoms with Gasteiger partial charge in [0.15, 0.2) is 0 Å². The average Bonchev–Trinajstić information content (AvgIpc) is 2.78. The lowest BCUT2D eigenvalue weighted by Gasteiger charge is -1.96. The van der Waals surface area contributed by atoms with E-state index >= 15 is 0 Å². The molecule has 0 spiro atoms. The van der Waals surface area contributed by atoms with Crippen LogP contribution < -0.4 is 0 Å². The predicted octanol–water partition coefficient (Wildman–Crippen LogP) is 3.43. The smallest absolute Gasteiger partial charge is 0.148 e. The SMILES string of the molecule is Fc1ccc(-c2cc3scnc3[nH]2)cc1. The van der Waals surface area contributed by atoms with Crippen molar-refractivity contribution in [1.29, 1.82) is 0 Å². The lowest BCUT2D eigenvalue weighted by Crippen LogP contribution is -1.78. The fraction of sp³-hybridized carbons (Fsp3) is 0. The molecule has 1 aromatic carbocycles. The number of nitrogens with zero attached hydrogens (tertiary/aromatic N) is 1. The Hall–Kier alpha value is -1.68. The van der Waals surface area contributed by atoms with Crippen molar-refractivity contribution in [3.63, 3.8) is 0 Å². The molecule has 0 saturated heterocycles. The third-order valence-electron chi connectivity index (χ3n) is 2.28. The van der Waals surface area contributed by atoms with Gasteiger partial charge >= 0.3 is 0 Å². The molecule has 2 nitrogen and oxygen atoms in total. The maximum Gasteiger partial charge on any atom is 0.148 e. The molecule has 74 valence electrons. The van der Waals surface area contributed by atoms with Crippen LogP contribution in [0.1, 0.15) is 0 Å². The van der Waals surface area contributed by atoms with E-state index in [4.69, 9.17) is 0 Å². The van der Waals surface area contributed by atoms with Gasteiger partial charge in [-0.05, 0) is 35.9 Å². The molecule has 0 fully saturated rings. The van der Waals surface area contributed by atoms with Gasteiger partial charge in [0.2, 0.25) is 0 Å². The van der Waals surface area contributed by atoms with Crippen molar-refractivity contribution in [2.75, 3.05) is 0 Å². The Morgan fingerprint density at radius 1 is 1.20 bits per heavy atom. The van der Waals surface area contributed by atoms with E-state index in [-0.39, 0.29) is 5.82 Å². The van der Waals surface area contributed by atoms with Gasteiger partial charge in [-0.1, -0.05) is 0 Å². The van der Waals surface area contributed by atoms with Crippen LogP contribution in [0.3, 0.4) is 0 Å². The van der Waals surface area contributed by atoms with E-state index < -0.39 is 0 Å². The molecular formula is C11H7FN2S. The molecule has 0 aliphatic rings. The highest BCUT2D eigenvalue weighted by molar-refractivity contribution is 7.16. The molecule has 0 unspecified atom stereocenters. The zero-order valence-electron chi connectivity index (χ0n) is 7.70. The Kier molecular flexibility index (Phi) is 1.82. The summed E-state index contributed by atoms with van der Waals surface area (Å²) in [6.45, 7) is 0. The number of hydrogen-bond acceptors (Lipinski definition) is 2. The van der Waals surface area contributed by atoms with E-state index in [1.807, 2.05) is 6.07 Å². The molecule has 15 heavy (non-hydrogen) atoms. The minimum absolute atomic E-state index is 0.217. The third kappa shape index (κ3) is 1.43. The van der Waals surface area contributed by atoms with Gasteiger partial charge in [0.05, 0.1) is 10.2 Å². The number of aromatic amines is 1. The molecule has 0 aliphatic heterocycles. The molecule has 0 amide bonds. The molecule has 0 atom stereocenters. The quantitative estimate of drug-likeness (QED) is 0.666. The molecule has 0 bridgehead atoms. The van der Waals surface area contributed by atoms with Crippen LogP contribution in [-0.2, 0) is 0 Å². The van der Waals surface area contributed by atoms with Gasteiger partial charge in [-0.2, -0.15) is 0 Å². The molecule has 0 saturated carbocycles. The molecule has 4 heteroatoms. The van der Waals surface area contributed by atoms with Gasteiger partial charge in [0.1, 0.15) is 11.5 Å². The Balaban J connectivity index is 2.13. The number of H-pyrrole nitrogens is 1. The number of halogens is 1. The number of rotatable bonds is 1. The van der Waals surface area contributed by atoms with Crippen LogP contribution in [0.4, 0.5) is 4.39 Å². The highest BCUT2D eigenvalue weighted by Gasteiger charge is 2.04. The number of thiazole rings is 1. The Morgan fingerprint density at radius 3 is 2.73 bits per heavy atom. The van der Waals surface area contributed by atoms with Gasteiger partial charge in [-0.25, -0.2) is 9.37 Å². The van der Waals surface area contributed by atoms with Crippen LogP contribution in [0, 0.1) is 5.82 Å². The second-order valence-electron chi connectivity index (χ2n) is 3.26. The fourth-order valence-electron chi connectivity index (χ4n) is 1.53. The van der Waals surface area contributed by atoms with Gasteiger partial charge in [-0.15, -0.1) is 11.3 Å². The van der Waals surface area contributed by atoms with E-state index in [9.17, 15) is 4.39 Å². The van der Waals surface area contributed by atoms with E-state index in [2.05, 4.69) is 9.97 Å². The number of benzene rings is 1. The first kappa shape index (κ1) is 8.61. The topological polar surface area (TPSA) is 28.7 Å². The van der Waals surface area contributed by atoms with Crippen molar-refractivity contribution in [2.24, 2.45) is 0 Å². The van der Waals surface area contributed by atoms with E-state index in [1.54, 1.807) is 29.0 Å². The van der Waals surface area contributed by atoms with Crippen molar-refractivity contribution in [1.82, 2.24) is 9.97 Å². The zero-order chi connectivity index (χ0) is 10.3. The van der Waals surface area contributed by atoms with Crippen LogP contribution in [0.25, 0.3) is 21.6 Å². The van der Waals surface area contributed by atoms with Crippen molar-refractivity contribution < 1.29 is 4.39 Å². The van der Waals surface area contributed by atoms with Crippen LogP contribution in [0.5, 0.6) is 0 Å². The minimum Gasteiger partial charge on any atom is -0.338 e. The summed E-state index contributed by atoms with van der Waals surface area (Å²) in [5.74, 6) is -0.217. The minimum atomic E-state index is -0.217. The van der Waals surface area contributed by atoms with Crippen molar-refractivity contribution >= 4 is 21.7 Å². The molecule has 3 aromatic rings. The third-order valence-corrected chi connectivity index (χ3v) is 3.05. The van der Waals surface area contributed by atoms with Crippen LogP contribution in [-0.4, -0.2) is 9.97 Å². The maximum absolute atomic E-state index is 12.7. The first-order valence-corrected chi connectivity index (χ1v) is 5.39. The summed E-state index contributed by atoms with van der Waals surface area (Å²) < 4.78 is 13.8. The standard InChI is InChI=1S/C11H7FN2S/c12-8-3-1-7(2-4-8)9-5-10-11(14-9)13-6-15-10/h1-6,14H.